The first kappa shape index (κ1) is 14.9. The standard InChI is InChI=1S/C12H14F2N2O.ClH/c1-7(8-5-15-6-8)12(17)16-9-2-3-10(13)11(14)4-9;/h2-4,7-8,15H,5-6H2,1H3,(H,16,17);1H. The van der Waals surface area contributed by atoms with E-state index in [-0.39, 0.29) is 29.9 Å². The highest BCUT2D eigenvalue weighted by atomic mass is 35.5. The van der Waals surface area contributed by atoms with Gasteiger partial charge in [-0.2, -0.15) is 0 Å². The van der Waals surface area contributed by atoms with Crippen LogP contribution in [-0.2, 0) is 4.79 Å². The van der Waals surface area contributed by atoms with E-state index in [1.807, 2.05) is 6.92 Å². The third-order valence-corrected chi connectivity index (χ3v) is 3.12. The van der Waals surface area contributed by atoms with E-state index in [0.29, 0.717) is 5.92 Å². The lowest BCUT2D eigenvalue weighted by atomic mass is 9.88. The monoisotopic (exact) mass is 276 g/mol. The molecule has 0 saturated carbocycles. The van der Waals surface area contributed by atoms with Gasteiger partial charge in [-0.1, -0.05) is 6.92 Å². The zero-order chi connectivity index (χ0) is 12.4. The lowest BCUT2D eigenvalue weighted by Crippen LogP contribution is -2.48. The van der Waals surface area contributed by atoms with Crippen LogP contribution in [0.5, 0.6) is 0 Å². The second kappa shape index (κ2) is 6.11. The fourth-order valence-electron chi connectivity index (χ4n) is 1.71. The molecule has 100 valence electrons. The van der Waals surface area contributed by atoms with Crippen molar-refractivity contribution in [3.8, 4) is 0 Å². The normalized spacial score (nSPS) is 16.4. The number of hydrogen-bond acceptors (Lipinski definition) is 2. The molecule has 0 aliphatic carbocycles. The van der Waals surface area contributed by atoms with Gasteiger partial charge in [0.1, 0.15) is 0 Å². The minimum atomic E-state index is -0.958. The molecule has 2 N–H and O–H groups in total. The number of benzene rings is 1. The van der Waals surface area contributed by atoms with Crippen molar-refractivity contribution in [2.24, 2.45) is 11.8 Å². The summed E-state index contributed by atoms with van der Waals surface area (Å²) in [6, 6.07) is 3.33. The number of carbonyl (C=O) groups is 1. The number of hydrogen-bond donors (Lipinski definition) is 2. The summed E-state index contributed by atoms with van der Waals surface area (Å²) in [5.41, 5.74) is 0.285. The summed E-state index contributed by atoms with van der Waals surface area (Å²) in [5, 5.41) is 5.67. The Morgan fingerprint density at radius 1 is 1.39 bits per heavy atom. The van der Waals surface area contributed by atoms with Crippen molar-refractivity contribution in [2.75, 3.05) is 18.4 Å². The summed E-state index contributed by atoms with van der Waals surface area (Å²) in [7, 11) is 0. The van der Waals surface area contributed by atoms with E-state index in [2.05, 4.69) is 10.6 Å². The highest BCUT2D eigenvalue weighted by molar-refractivity contribution is 5.92. The van der Waals surface area contributed by atoms with Gasteiger partial charge in [0.05, 0.1) is 0 Å². The van der Waals surface area contributed by atoms with Gasteiger partial charge in [-0.15, -0.1) is 12.4 Å². The lowest BCUT2D eigenvalue weighted by Gasteiger charge is -2.31. The van der Waals surface area contributed by atoms with Crippen molar-refractivity contribution in [2.45, 2.75) is 6.92 Å². The Morgan fingerprint density at radius 3 is 2.56 bits per heavy atom. The summed E-state index contributed by atoms with van der Waals surface area (Å²) in [4.78, 5) is 11.8. The van der Waals surface area contributed by atoms with E-state index in [9.17, 15) is 13.6 Å². The summed E-state index contributed by atoms with van der Waals surface area (Å²) < 4.78 is 25.6. The Bertz CT molecular complexity index is 438. The molecule has 1 aliphatic heterocycles. The molecule has 0 bridgehead atoms. The molecule has 1 heterocycles. The van der Waals surface area contributed by atoms with E-state index >= 15 is 0 Å². The first-order chi connectivity index (χ1) is 8.08. The quantitative estimate of drug-likeness (QED) is 0.888. The maximum absolute atomic E-state index is 12.9. The molecule has 0 radical (unpaired) electrons. The fraction of sp³-hybridized carbons (Fsp3) is 0.417. The molecule has 1 amide bonds. The maximum Gasteiger partial charge on any atom is 0.227 e. The van der Waals surface area contributed by atoms with Gasteiger partial charge in [-0.25, -0.2) is 8.78 Å². The van der Waals surface area contributed by atoms with Crippen LogP contribution < -0.4 is 10.6 Å². The minimum Gasteiger partial charge on any atom is -0.326 e. The number of rotatable bonds is 3. The largest absolute Gasteiger partial charge is 0.326 e. The summed E-state index contributed by atoms with van der Waals surface area (Å²) >= 11 is 0. The average molecular weight is 277 g/mol. The zero-order valence-electron chi connectivity index (χ0n) is 9.87. The molecule has 3 nitrogen and oxygen atoms in total. The van der Waals surface area contributed by atoms with Crippen LogP contribution in [0.4, 0.5) is 14.5 Å². The molecule has 0 aromatic heterocycles. The second-order valence-corrected chi connectivity index (χ2v) is 4.33. The van der Waals surface area contributed by atoms with Crippen LogP contribution in [0.15, 0.2) is 18.2 Å². The van der Waals surface area contributed by atoms with Crippen LogP contribution in [0.25, 0.3) is 0 Å². The Morgan fingerprint density at radius 2 is 2.06 bits per heavy atom. The van der Waals surface area contributed by atoms with E-state index in [4.69, 9.17) is 0 Å². The van der Waals surface area contributed by atoms with Crippen LogP contribution in [0.1, 0.15) is 6.92 Å². The summed E-state index contributed by atoms with van der Waals surface area (Å²) in [5.74, 6) is -1.85. The SMILES string of the molecule is CC(C(=O)Nc1ccc(F)c(F)c1)C1CNC1.Cl. The Hall–Kier alpha value is -1.20. The first-order valence-electron chi connectivity index (χ1n) is 5.54. The third kappa shape index (κ3) is 3.17. The van der Waals surface area contributed by atoms with Crippen LogP contribution in [0.2, 0.25) is 0 Å². The lowest BCUT2D eigenvalue weighted by molar-refractivity contribution is -0.121. The van der Waals surface area contributed by atoms with Crippen LogP contribution >= 0.6 is 12.4 Å². The second-order valence-electron chi connectivity index (χ2n) is 4.33. The van der Waals surface area contributed by atoms with E-state index < -0.39 is 11.6 Å². The molecule has 1 aromatic rings. The van der Waals surface area contributed by atoms with Gasteiger partial charge in [0, 0.05) is 17.7 Å². The van der Waals surface area contributed by atoms with E-state index in [1.165, 1.54) is 6.07 Å². The predicted octanol–water partition coefficient (Wildman–Crippen LogP) is 2.18. The van der Waals surface area contributed by atoms with Gasteiger partial charge in [0.25, 0.3) is 0 Å². The van der Waals surface area contributed by atoms with Crippen molar-refractivity contribution in [1.29, 1.82) is 0 Å². The summed E-state index contributed by atoms with van der Waals surface area (Å²) in [6.07, 6.45) is 0. The molecule has 6 heteroatoms. The Balaban J connectivity index is 0.00000162. The van der Waals surface area contributed by atoms with Gasteiger partial charge >= 0.3 is 0 Å². The molecule has 1 atom stereocenters. The molecule has 1 unspecified atom stereocenters. The molecule has 1 aromatic carbocycles. The minimum absolute atomic E-state index is 0. The molecule has 0 spiro atoms. The third-order valence-electron chi connectivity index (χ3n) is 3.12. The maximum atomic E-state index is 12.9. The van der Waals surface area contributed by atoms with Crippen LogP contribution in [0.3, 0.4) is 0 Å². The van der Waals surface area contributed by atoms with Crippen molar-refractivity contribution in [1.82, 2.24) is 5.32 Å². The highest BCUT2D eigenvalue weighted by Crippen LogP contribution is 2.19. The van der Waals surface area contributed by atoms with Gasteiger partial charge in [-0.05, 0) is 31.1 Å². The van der Waals surface area contributed by atoms with Crippen LogP contribution in [-0.4, -0.2) is 19.0 Å². The van der Waals surface area contributed by atoms with Gasteiger partial charge in [0.15, 0.2) is 11.6 Å². The number of carbonyl (C=O) groups excluding carboxylic acids is 1. The van der Waals surface area contributed by atoms with Crippen molar-refractivity contribution in [3.05, 3.63) is 29.8 Å². The van der Waals surface area contributed by atoms with E-state index in [0.717, 1.165) is 25.2 Å². The molecule has 1 aliphatic rings. The van der Waals surface area contributed by atoms with Crippen molar-refractivity contribution in [3.63, 3.8) is 0 Å². The fourth-order valence-corrected chi connectivity index (χ4v) is 1.71. The van der Waals surface area contributed by atoms with Crippen LogP contribution in [0, 0.1) is 23.5 Å². The molecule has 1 fully saturated rings. The van der Waals surface area contributed by atoms with Gasteiger partial charge in [-0.3, -0.25) is 4.79 Å². The molecule has 18 heavy (non-hydrogen) atoms. The van der Waals surface area contributed by atoms with Gasteiger partial charge in [0.2, 0.25) is 5.91 Å². The number of nitrogens with one attached hydrogen (secondary N) is 2. The smallest absolute Gasteiger partial charge is 0.227 e. The Kier molecular flexibility index (Phi) is 5.04. The van der Waals surface area contributed by atoms with Crippen molar-refractivity contribution < 1.29 is 13.6 Å². The van der Waals surface area contributed by atoms with E-state index in [1.54, 1.807) is 0 Å². The van der Waals surface area contributed by atoms with Crippen molar-refractivity contribution >= 4 is 24.0 Å². The topological polar surface area (TPSA) is 41.1 Å². The zero-order valence-corrected chi connectivity index (χ0v) is 10.7. The van der Waals surface area contributed by atoms with Gasteiger partial charge < -0.3 is 10.6 Å². The molecule has 2 rings (SSSR count). The molecular formula is C12H15ClF2N2O. The number of halogens is 3. The molecular weight excluding hydrogens is 262 g/mol. The summed E-state index contributed by atoms with van der Waals surface area (Å²) in [6.45, 7) is 3.49. The number of anilines is 1. The predicted molar refractivity (Wildman–Crippen MR) is 67.8 cm³/mol. The number of amides is 1. The highest BCUT2D eigenvalue weighted by Gasteiger charge is 2.28. The first-order valence-corrected chi connectivity index (χ1v) is 5.54. The molecule has 1 saturated heterocycles. The average Bonchev–Trinajstić information content (AvgIpc) is 2.21. The Labute approximate surface area is 110 Å².